The van der Waals surface area contributed by atoms with Crippen molar-refractivity contribution in [1.82, 2.24) is 10.2 Å². The average molecular weight is 286 g/mol. The van der Waals surface area contributed by atoms with Crippen molar-refractivity contribution in [3.63, 3.8) is 0 Å². The summed E-state index contributed by atoms with van der Waals surface area (Å²) in [7, 11) is 1.61. The van der Waals surface area contributed by atoms with E-state index in [9.17, 15) is 9.59 Å². The summed E-state index contributed by atoms with van der Waals surface area (Å²) < 4.78 is 10.0. The Kier molecular flexibility index (Phi) is 7.54. The van der Waals surface area contributed by atoms with Gasteiger partial charge < -0.3 is 14.8 Å². The number of esters is 1. The van der Waals surface area contributed by atoms with Crippen LogP contribution in [0.3, 0.4) is 0 Å². The molecule has 0 saturated carbocycles. The molecule has 1 aliphatic heterocycles. The van der Waals surface area contributed by atoms with Gasteiger partial charge in [-0.1, -0.05) is 0 Å². The molecule has 1 saturated heterocycles. The maximum atomic E-state index is 11.9. The van der Waals surface area contributed by atoms with E-state index >= 15 is 0 Å². The lowest BCUT2D eigenvalue weighted by Crippen LogP contribution is -2.46. The fraction of sp³-hybridized carbons (Fsp3) is 0.857. The molecule has 2 atom stereocenters. The van der Waals surface area contributed by atoms with Crippen LogP contribution in [-0.4, -0.2) is 62.8 Å². The molecule has 0 bridgehead atoms. The smallest absolute Gasteiger partial charge is 0.310 e. The average Bonchev–Trinajstić information content (AvgIpc) is 2.39. The number of ether oxygens (including phenoxy) is 2. The summed E-state index contributed by atoms with van der Waals surface area (Å²) in [5.74, 6) is -0.280. The number of nitrogens with zero attached hydrogens (tertiary/aromatic N) is 1. The first-order valence-corrected chi connectivity index (χ1v) is 7.24. The maximum Gasteiger partial charge on any atom is 0.310 e. The van der Waals surface area contributed by atoms with E-state index in [2.05, 4.69) is 5.32 Å². The minimum atomic E-state index is -0.148. The predicted octanol–water partition coefficient (Wildman–Crippen LogP) is 0.413. The quantitative estimate of drug-likeness (QED) is 0.687. The van der Waals surface area contributed by atoms with Crippen molar-refractivity contribution in [3.05, 3.63) is 0 Å². The monoisotopic (exact) mass is 286 g/mol. The molecule has 0 aromatic heterocycles. The molecule has 0 radical (unpaired) electrons. The van der Waals surface area contributed by atoms with Crippen molar-refractivity contribution < 1.29 is 19.1 Å². The fourth-order valence-electron chi connectivity index (χ4n) is 2.47. The molecule has 0 aromatic rings. The molecule has 1 heterocycles. The highest BCUT2D eigenvalue weighted by atomic mass is 16.5. The first-order chi connectivity index (χ1) is 9.56. The van der Waals surface area contributed by atoms with E-state index < -0.39 is 0 Å². The van der Waals surface area contributed by atoms with Crippen LogP contribution in [0.15, 0.2) is 0 Å². The van der Waals surface area contributed by atoms with Crippen LogP contribution in [-0.2, 0) is 19.1 Å². The van der Waals surface area contributed by atoms with Gasteiger partial charge in [-0.3, -0.25) is 14.5 Å². The lowest BCUT2D eigenvalue weighted by atomic mass is 9.98. The second-order valence-corrected chi connectivity index (χ2v) is 5.25. The lowest BCUT2D eigenvalue weighted by Gasteiger charge is -2.31. The maximum absolute atomic E-state index is 11.9. The summed E-state index contributed by atoms with van der Waals surface area (Å²) in [6.07, 6.45) is 1.77. The second-order valence-electron chi connectivity index (χ2n) is 5.25. The number of hydrogen-bond acceptors (Lipinski definition) is 5. The molecular formula is C14H26N2O4. The third-order valence-electron chi connectivity index (χ3n) is 3.32. The normalized spacial score (nSPS) is 21.2. The molecular weight excluding hydrogens is 260 g/mol. The van der Waals surface area contributed by atoms with Gasteiger partial charge in [0.1, 0.15) is 0 Å². The molecule has 0 aromatic carbocycles. The van der Waals surface area contributed by atoms with E-state index in [-0.39, 0.29) is 23.8 Å². The molecule has 0 aliphatic carbocycles. The van der Waals surface area contributed by atoms with Crippen molar-refractivity contribution in [2.24, 2.45) is 5.92 Å². The Labute approximate surface area is 120 Å². The van der Waals surface area contributed by atoms with Gasteiger partial charge in [0, 0.05) is 19.7 Å². The zero-order valence-corrected chi connectivity index (χ0v) is 12.7. The topological polar surface area (TPSA) is 67.9 Å². The summed E-state index contributed by atoms with van der Waals surface area (Å²) >= 11 is 0. The van der Waals surface area contributed by atoms with E-state index in [1.165, 1.54) is 0 Å². The van der Waals surface area contributed by atoms with Gasteiger partial charge >= 0.3 is 5.97 Å². The number of rotatable bonds is 7. The molecule has 1 rings (SSSR count). The highest BCUT2D eigenvalue weighted by molar-refractivity contribution is 5.78. The van der Waals surface area contributed by atoms with E-state index in [0.717, 1.165) is 19.4 Å². The number of amides is 1. The van der Waals surface area contributed by atoms with Gasteiger partial charge in [-0.2, -0.15) is 0 Å². The largest absolute Gasteiger partial charge is 0.466 e. The van der Waals surface area contributed by atoms with Crippen LogP contribution in [0, 0.1) is 5.92 Å². The fourth-order valence-corrected chi connectivity index (χ4v) is 2.47. The Morgan fingerprint density at radius 1 is 1.45 bits per heavy atom. The van der Waals surface area contributed by atoms with Gasteiger partial charge in [-0.05, 0) is 33.2 Å². The van der Waals surface area contributed by atoms with Crippen LogP contribution in [0.4, 0.5) is 0 Å². The van der Waals surface area contributed by atoms with Gasteiger partial charge in [0.25, 0.3) is 0 Å². The third-order valence-corrected chi connectivity index (χ3v) is 3.32. The van der Waals surface area contributed by atoms with E-state index in [4.69, 9.17) is 9.47 Å². The molecule has 1 N–H and O–H groups in total. The number of piperidine rings is 1. The van der Waals surface area contributed by atoms with Crippen molar-refractivity contribution >= 4 is 11.9 Å². The highest BCUT2D eigenvalue weighted by Gasteiger charge is 2.27. The summed E-state index contributed by atoms with van der Waals surface area (Å²) in [6.45, 7) is 6.39. The van der Waals surface area contributed by atoms with Crippen LogP contribution in [0.2, 0.25) is 0 Å². The van der Waals surface area contributed by atoms with Crippen molar-refractivity contribution in [3.8, 4) is 0 Å². The predicted molar refractivity (Wildman–Crippen MR) is 75.3 cm³/mol. The molecule has 20 heavy (non-hydrogen) atoms. The summed E-state index contributed by atoms with van der Waals surface area (Å²) in [4.78, 5) is 25.6. The van der Waals surface area contributed by atoms with Gasteiger partial charge in [0.2, 0.25) is 5.91 Å². The Morgan fingerprint density at radius 3 is 2.85 bits per heavy atom. The van der Waals surface area contributed by atoms with Gasteiger partial charge in [0.05, 0.1) is 25.7 Å². The minimum Gasteiger partial charge on any atom is -0.466 e. The number of methoxy groups -OCH3 is 1. The number of carbonyl (C=O) groups is 2. The van der Waals surface area contributed by atoms with Crippen molar-refractivity contribution in [2.45, 2.75) is 32.7 Å². The molecule has 0 spiro atoms. The van der Waals surface area contributed by atoms with E-state index in [0.29, 0.717) is 26.3 Å². The first-order valence-electron chi connectivity index (χ1n) is 7.24. The van der Waals surface area contributed by atoms with Crippen molar-refractivity contribution in [2.75, 3.05) is 40.0 Å². The van der Waals surface area contributed by atoms with Crippen LogP contribution in [0.25, 0.3) is 0 Å². The van der Waals surface area contributed by atoms with Crippen LogP contribution in [0.1, 0.15) is 26.7 Å². The zero-order chi connectivity index (χ0) is 15.0. The SMILES string of the molecule is CCOC(=O)C1CCCN(CC(=O)NC(C)COC)C1. The molecule has 2 unspecified atom stereocenters. The number of hydrogen-bond donors (Lipinski definition) is 1. The highest BCUT2D eigenvalue weighted by Crippen LogP contribution is 2.17. The molecule has 1 amide bonds. The second kappa shape index (κ2) is 8.92. The number of carbonyl (C=O) groups excluding carboxylic acids is 2. The standard InChI is InChI=1S/C14H26N2O4/c1-4-20-14(18)12-6-5-7-16(8-12)9-13(17)15-11(2)10-19-3/h11-12H,4-10H2,1-3H3,(H,15,17). The van der Waals surface area contributed by atoms with Gasteiger partial charge in [-0.25, -0.2) is 0 Å². The number of nitrogens with one attached hydrogen (secondary N) is 1. The Morgan fingerprint density at radius 2 is 2.20 bits per heavy atom. The minimum absolute atomic E-state index is 0.00172. The van der Waals surface area contributed by atoms with Crippen LogP contribution in [0.5, 0.6) is 0 Å². The molecule has 6 nitrogen and oxygen atoms in total. The molecule has 1 fully saturated rings. The summed E-state index contributed by atoms with van der Waals surface area (Å²) in [5, 5.41) is 2.88. The number of likely N-dealkylation sites (tertiary alicyclic amines) is 1. The van der Waals surface area contributed by atoms with E-state index in [1.54, 1.807) is 7.11 Å². The first kappa shape index (κ1) is 16.9. The van der Waals surface area contributed by atoms with E-state index in [1.807, 2.05) is 18.7 Å². The third kappa shape index (κ3) is 5.88. The lowest BCUT2D eigenvalue weighted by molar-refractivity contribution is -0.150. The zero-order valence-electron chi connectivity index (χ0n) is 12.7. The van der Waals surface area contributed by atoms with Crippen molar-refractivity contribution in [1.29, 1.82) is 0 Å². The summed E-state index contributed by atoms with van der Waals surface area (Å²) in [5.41, 5.74) is 0. The Balaban J connectivity index is 2.36. The van der Waals surface area contributed by atoms with Crippen LogP contribution >= 0.6 is 0 Å². The Hall–Kier alpha value is -1.14. The molecule has 6 heteroatoms. The molecule has 1 aliphatic rings. The molecule has 116 valence electrons. The van der Waals surface area contributed by atoms with Gasteiger partial charge in [0.15, 0.2) is 0 Å². The van der Waals surface area contributed by atoms with Crippen LogP contribution < -0.4 is 5.32 Å². The van der Waals surface area contributed by atoms with Gasteiger partial charge in [-0.15, -0.1) is 0 Å². The summed E-state index contributed by atoms with van der Waals surface area (Å²) in [6, 6.07) is -0.00172. The Bertz CT molecular complexity index is 322.